The predicted octanol–water partition coefficient (Wildman–Crippen LogP) is 1.16. The van der Waals surface area contributed by atoms with Gasteiger partial charge >= 0.3 is 0 Å². The van der Waals surface area contributed by atoms with Crippen molar-refractivity contribution in [3.63, 3.8) is 0 Å². The molecule has 0 atom stereocenters. The minimum atomic E-state index is -3.64. The summed E-state index contributed by atoms with van der Waals surface area (Å²) in [4.78, 5) is 6.80. The molecule has 8 nitrogen and oxygen atoms in total. The molecule has 2 aromatic rings. The maximum Gasteiger partial charge on any atom is 0.247 e. The number of sulfonamides is 1. The van der Waals surface area contributed by atoms with Crippen molar-refractivity contribution in [3.8, 4) is 0 Å². The second-order valence-electron chi connectivity index (χ2n) is 6.06. The van der Waals surface area contributed by atoms with E-state index in [4.69, 9.17) is 5.14 Å². The summed E-state index contributed by atoms with van der Waals surface area (Å²) in [6.45, 7) is 2.61. The first-order valence-electron chi connectivity index (χ1n) is 8.33. The van der Waals surface area contributed by atoms with Crippen LogP contribution in [0.5, 0.6) is 0 Å². The molecule has 1 aromatic carbocycles. The van der Waals surface area contributed by atoms with Crippen LogP contribution in [0.1, 0.15) is 24.8 Å². The van der Waals surface area contributed by atoms with Crippen LogP contribution in [0, 0.1) is 0 Å². The summed E-state index contributed by atoms with van der Waals surface area (Å²) in [5.74, 6) is 1.36. The molecule has 1 fully saturated rings. The van der Waals surface area contributed by atoms with E-state index in [0.29, 0.717) is 18.3 Å². The van der Waals surface area contributed by atoms with Gasteiger partial charge < -0.3 is 10.2 Å². The summed E-state index contributed by atoms with van der Waals surface area (Å²) in [7, 11) is -3.64. The Morgan fingerprint density at radius 3 is 2.52 bits per heavy atom. The van der Waals surface area contributed by atoms with Gasteiger partial charge in [0.15, 0.2) is 5.82 Å². The van der Waals surface area contributed by atoms with E-state index in [9.17, 15) is 8.42 Å². The van der Waals surface area contributed by atoms with Crippen molar-refractivity contribution in [2.75, 3.05) is 29.9 Å². The number of piperidine rings is 1. The van der Waals surface area contributed by atoms with Crippen molar-refractivity contribution in [2.45, 2.75) is 30.6 Å². The number of rotatable bonds is 6. The molecule has 0 spiro atoms. The van der Waals surface area contributed by atoms with Crippen LogP contribution in [0.15, 0.2) is 35.4 Å². The standard InChI is InChI=1S/C16H22N6O2S/c17-25(23,24)14-6-4-13(5-7-14)8-9-18-15-12-19-21-16(20-15)22-10-2-1-3-11-22/h4-7,12H,1-3,8-11H2,(H2,17,23,24)(H,18,20,21). The Balaban J connectivity index is 1.55. The lowest BCUT2D eigenvalue weighted by Crippen LogP contribution is -2.31. The number of nitrogens with zero attached hydrogens (tertiary/aromatic N) is 4. The zero-order valence-electron chi connectivity index (χ0n) is 13.9. The van der Waals surface area contributed by atoms with Gasteiger partial charge in [-0.25, -0.2) is 13.6 Å². The van der Waals surface area contributed by atoms with E-state index in [1.165, 1.54) is 18.6 Å². The van der Waals surface area contributed by atoms with Gasteiger partial charge in [-0.15, -0.1) is 5.10 Å². The van der Waals surface area contributed by atoms with Crippen LogP contribution >= 0.6 is 0 Å². The molecule has 0 aliphatic carbocycles. The molecule has 134 valence electrons. The van der Waals surface area contributed by atoms with E-state index < -0.39 is 10.0 Å². The fraction of sp³-hybridized carbons (Fsp3) is 0.438. The van der Waals surface area contributed by atoms with Gasteiger partial charge in [-0.3, -0.25) is 0 Å². The van der Waals surface area contributed by atoms with Gasteiger partial charge in [0.2, 0.25) is 16.0 Å². The topological polar surface area (TPSA) is 114 Å². The average molecular weight is 362 g/mol. The molecule has 0 bridgehead atoms. The van der Waals surface area contributed by atoms with E-state index in [2.05, 4.69) is 25.4 Å². The highest BCUT2D eigenvalue weighted by Gasteiger charge is 2.14. The van der Waals surface area contributed by atoms with Gasteiger partial charge in [-0.05, 0) is 43.4 Å². The second kappa shape index (κ2) is 7.75. The first-order valence-corrected chi connectivity index (χ1v) is 9.87. The molecule has 9 heteroatoms. The van der Waals surface area contributed by atoms with Crippen LogP contribution in [0.2, 0.25) is 0 Å². The minimum absolute atomic E-state index is 0.121. The third-order valence-electron chi connectivity index (χ3n) is 4.16. The van der Waals surface area contributed by atoms with Gasteiger partial charge in [0.05, 0.1) is 11.1 Å². The smallest absolute Gasteiger partial charge is 0.247 e. The van der Waals surface area contributed by atoms with Crippen LogP contribution in [0.25, 0.3) is 0 Å². The highest BCUT2D eigenvalue weighted by atomic mass is 32.2. The third kappa shape index (κ3) is 4.86. The van der Waals surface area contributed by atoms with Crippen LogP contribution in [0.3, 0.4) is 0 Å². The predicted molar refractivity (Wildman–Crippen MR) is 95.9 cm³/mol. The summed E-state index contributed by atoms with van der Waals surface area (Å²) in [5.41, 5.74) is 1.01. The van der Waals surface area contributed by atoms with Crippen molar-refractivity contribution in [1.29, 1.82) is 0 Å². The lowest BCUT2D eigenvalue weighted by atomic mass is 10.1. The average Bonchev–Trinajstić information content (AvgIpc) is 2.62. The Hall–Kier alpha value is -2.26. The zero-order chi connectivity index (χ0) is 17.7. The van der Waals surface area contributed by atoms with E-state index in [0.717, 1.165) is 37.9 Å². The van der Waals surface area contributed by atoms with Crippen LogP contribution < -0.4 is 15.4 Å². The maximum absolute atomic E-state index is 11.2. The Morgan fingerprint density at radius 1 is 1.12 bits per heavy atom. The third-order valence-corrected chi connectivity index (χ3v) is 5.09. The SMILES string of the molecule is NS(=O)(=O)c1ccc(CCNc2cnnc(N3CCCCC3)n2)cc1. The van der Waals surface area contributed by atoms with Crippen LogP contribution in [-0.2, 0) is 16.4 Å². The number of hydrogen-bond donors (Lipinski definition) is 2. The fourth-order valence-corrected chi connectivity index (χ4v) is 3.30. The number of primary sulfonamides is 1. The zero-order valence-corrected chi connectivity index (χ0v) is 14.7. The van der Waals surface area contributed by atoms with Crippen molar-refractivity contribution in [1.82, 2.24) is 15.2 Å². The van der Waals surface area contributed by atoms with Crippen LogP contribution in [-0.4, -0.2) is 43.2 Å². The van der Waals surface area contributed by atoms with Gasteiger partial charge in [0.25, 0.3) is 0 Å². The van der Waals surface area contributed by atoms with Crippen molar-refractivity contribution < 1.29 is 8.42 Å². The van der Waals surface area contributed by atoms with Gasteiger partial charge in [-0.2, -0.15) is 10.1 Å². The number of benzene rings is 1. The monoisotopic (exact) mass is 362 g/mol. The molecule has 1 aromatic heterocycles. The Labute approximate surface area is 147 Å². The molecular formula is C16H22N6O2S. The number of aromatic nitrogens is 3. The Morgan fingerprint density at radius 2 is 1.84 bits per heavy atom. The van der Waals surface area contributed by atoms with E-state index in [1.54, 1.807) is 18.3 Å². The quantitative estimate of drug-likeness (QED) is 0.792. The Bertz CT molecular complexity index is 804. The molecule has 1 saturated heterocycles. The number of anilines is 2. The maximum atomic E-state index is 11.2. The molecule has 0 saturated carbocycles. The normalized spacial score (nSPS) is 15.2. The summed E-state index contributed by atoms with van der Waals surface area (Å²) in [5, 5.41) is 16.5. The minimum Gasteiger partial charge on any atom is -0.368 e. The molecule has 0 radical (unpaired) electrons. The molecule has 1 aliphatic rings. The summed E-state index contributed by atoms with van der Waals surface area (Å²) >= 11 is 0. The fourth-order valence-electron chi connectivity index (χ4n) is 2.79. The van der Waals surface area contributed by atoms with Crippen LogP contribution in [0.4, 0.5) is 11.8 Å². The van der Waals surface area contributed by atoms with Gasteiger partial charge in [-0.1, -0.05) is 12.1 Å². The highest BCUT2D eigenvalue weighted by molar-refractivity contribution is 7.89. The number of nitrogens with two attached hydrogens (primary N) is 1. The first kappa shape index (κ1) is 17.6. The molecule has 1 aliphatic heterocycles. The molecule has 3 N–H and O–H groups in total. The molecule has 2 heterocycles. The molecule has 3 rings (SSSR count). The largest absolute Gasteiger partial charge is 0.368 e. The highest BCUT2D eigenvalue weighted by Crippen LogP contribution is 2.16. The summed E-state index contributed by atoms with van der Waals surface area (Å²) < 4.78 is 22.5. The lowest BCUT2D eigenvalue weighted by molar-refractivity contribution is 0.565. The number of hydrogen-bond acceptors (Lipinski definition) is 7. The van der Waals surface area contributed by atoms with Crippen molar-refractivity contribution >= 4 is 21.8 Å². The van der Waals surface area contributed by atoms with Gasteiger partial charge in [0, 0.05) is 19.6 Å². The summed E-state index contributed by atoms with van der Waals surface area (Å²) in [6, 6.07) is 6.56. The van der Waals surface area contributed by atoms with Crippen molar-refractivity contribution in [2.24, 2.45) is 5.14 Å². The number of nitrogens with one attached hydrogen (secondary N) is 1. The molecular weight excluding hydrogens is 340 g/mol. The molecule has 0 unspecified atom stereocenters. The van der Waals surface area contributed by atoms with E-state index >= 15 is 0 Å². The van der Waals surface area contributed by atoms with E-state index in [-0.39, 0.29) is 4.90 Å². The molecule has 25 heavy (non-hydrogen) atoms. The summed E-state index contributed by atoms with van der Waals surface area (Å²) in [6.07, 6.45) is 5.92. The lowest BCUT2D eigenvalue weighted by Gasteiger charge is -2.26. The first-order chi connectivity index (χ1) is 12.0. The molecule has 0 amide bonds. The van der Waals surface area contributed by atoms with Gasteiger partial charge in [0.1, 0.15) is 0 Å². The van der Waals surface area contributed by atoms with E-state index in [1.807, 2.05) is 0 Å². The Kier molecular flexibility index (Phi) is 5.44. The van der Waals surface area contributed by atoms with Crippen molar-refractivity contribution in [3.05, 3.63) is 36.0 Å². The second-order valence-corrected chi connectivity index (χ2v) is 7.62.